The summed E-state index contributed by atoms with van der Waals surface area (Å²) in [7, 11) is 0. The predicted octanol–water partition coefficient (Wildman–Crippen LogP) is 3.65. The molecule has 0 bridgehead atoms. The van der Waals surface area contributed by atoms with Gasteiger partial charge in [0.05, 0.1) is 9.72 Å². The van der Waals surface area contributed by atoms with E-state index < -0.39 is 0 Å². The van der Waals surface area contributed by atoms with E-state index in [9.17, 15) is 0 Å². The number of rotatable bonds is 0. The Kier molecular flexibility index (Phi) is 2.12. The lowest BCUT2D eigenvalue weighted by atomic mass is 10.5. The van der Waals surface area contributed by atoms with Gasteiger partial charge in [-0.25, -0.2) is 9.97 Å². The second-order valence-corrected chi connectivity index (χ2v) is 4.39. The molecule has 2 aromatic rings. The molecule has 0 saturated heterocycles. The zero-order valence-electron chi connectivity index (χ0n) is 5.51. The van der Waals surface area contributed by atoms with Gasteiger partial charge in [-0.2, -0.15) is 0 Å². The topological polar surface area (TPSA) is 25.8 Å². The summed E-state index contributed by atoms with van der Waals surface area (Å²) in [5, 5.41) is 0.833. The summed E-state index contributed by atoms with van der Waals surface area (Å²) >= 11 is 18.7. The lowest BCUT2D eigenvalue weighted by Crippen LogP contribution is -1.77. The summed E-state index contributed by atoms with van der Waals surface area (Å²) in [6, 6.07) is 0. The number of thiophene rings is 1. The van der Waals surface area contributed by atoms with E-state index in [1.54, 1.807) is 0 Å². The summed E-state index contributed by atoms with van der Waals surface area (Å²) in [6.45, 7) is 0. The van der Waals surface area contributed by atoms with Crippen LogP contribution in [0.15, 0.2) is 6.33 Å². The van der Waals surface area contributed by atoms with Gasteiger partial charge < -0.3 is 0 Å². The molecular formula is C6HCl3N2S. The van der Waals surface area contributed by atoms with E-state index in [1.165, 1.54) is 17.7 Å². The molecule has 0 aliphatic rings. The molecule has 6 heteroatoms. The zero-order chi connectivity index (χ0) is 8.72. The molecule has 0 N–H and O–H groups in total. The van der Waals surface area contributed by atoms with Crippen LogP contribution < -0.4 is 0 Å². The molecule has 2 rings (SSSR count). The molecule has 62 valence electrons. The first-order valence-corrected chi connectivity index (χ1v) is 4.89. The largest absolute Gasteiger partial charge is 0.234 e. The predicted molar refractivity (Wildman–Crippen MR) is 52.4 cm³/mol. The average molecular weight is 240 g/mol. The van der Waals surface area contributed by atoms with Crippen molar-refractivity contribution in [2.45, 2.75) is 0 Å². The lowest BCUT2D eigenvalue weighted by molar-refractivity contribution is 1.23. The van der Waals surface area contributed by atoms with Crippen molar-refractivity contribution < 1.29 is 0 Å². The van der Waals surface area contributed by atoms with Gasteiger partial charge in [0.15, 0.2) is 0 Å². The fourth-order valence-corrected chi connectivity index (χ4v) is 2.47. The fourth-order valence-electron chi connectivity index (χ4n) is 0.827. The van der Waals surface area contributed by atoms with Crippen LogP contribution in [-0.4, -0.2) is 9.97 Å². The van der Waals surface area contributed by atoms with Crippen LogP contribution >= 0.6 is 46.1 Å². The van der Waals surface area contributed by atoms with Crippen LogP contribution in [0.25, 0.3) is 10.2 Å². The number of aromatic nitrogens is 2. The first kappa shape index (κ1) is 8.51. The summed E-state index contributed by atoms with van der Waals surface area (Å²) in [5.41, 5.74) is 0.617. The van der Waals surface area contributed by atoms with Crippen molar-refractivity contribution in [1.29, 1.82) is 0 Å². The molecule has 0 saturated carbocycles. The van der Waals surface area contributed by atoms with Crippen LogP contribution in [0.5, 0.6) is 0 Å². The van der Waals surface area contributed by atoms with Crippen LogP contribution in [0, 0.1) is 0 Å². The first-order valence-electron chi connectivity index (χ1n) is 2.94. The van der Waals surface area contributed by atoms with Gasteiger partial charge in [0, 0.05) is 0 Å². The Bertz CT molecular complexity index is 440. The van der Waals surface area contributed by atoms with E-state index >= 15 is 0 Å². The highest BCUT2D eigenvalue weighted by molar-refractivity contribution is 7.24. The lowest BCUT2D eigenvalue weighted by Gasteiger charge is -1.89. The number of hydrogen-bond acceptors (Lipinski definition) is 3. The highest BCUT2D eigenvalue weighted by atomic mass is 35.5. The number of hydrogen-bond donors (Lipinski definition) is 0. The van der Waals surface area contributed by atoms with Gasteiger partial charge in [-0.05, 0) is 0 Å². The van der Waals surface area contributed by atoms with E-state index in [0.29, 0.717) is 20.0 Å². The third-order valence-corrected chi connectivity index (χ3v) is 3.70. The van der Waals surface area contributed by atoms with Crippen molar-refractivity contribution >= 4 is 56.4 Å². The summed E-state index contributed by atoms with van der Waals surface area (Å²) < 4.78 is 1.23. The Labute approximate surface area is 87.1 Å². The fraction of sp³-hybridized carbons (Fsp3) is 0. The van der Waals surface area contributed by atoms with Crippen molar-refractivity contribution in [3.05, 3.63) is 20.8 Å². The van der Waals surface area contributed by atoms with Crippen LogP contribution in [-0.2, 0) is 0 Å². The van der Waals surface area contributed by atoms with Gasteiger partial charge in [0.2, 0.25) is 0 Å². The molecule has 0 amide bonds. The summed E-state index contributed by atoms with van der Waals surface area (Å²) in [4.78, 5) is 7.77. The standard InChI is InChI=1S/C6HCl3N2S/c7-2-3-4(12-6(2)9)5(8)11-1-10-3/h1H. The van der Waals surface area contributed by atoms with Crippen molar-refractivity contribution in [2.75, 3.05) is 0 Å². The van der Waals surface area contributed by atoms with Gasteiger partial charge in [-0.3, -0.25) is 0 Å². The second kappa shape index (κ2) is 3.00. The summed E-state index contributed by atoms with van der Waals surface area (Å²) in [5.74, 6) is 0. The third kappa shape index (κ3) is 1.17. The van der Waals surface area contributed by atoms with Crippen LogP contribution in [0.1, 0.15) is 0 Å². The number of nitrogens with zero attached hydrogens (tertiary/aromatic N) is 2. The molecule has 2 aromatic heterocycles. The van der Waals surface area contributed by atoms with Crippen molar-refractivity contribution in [1.82, 2.24) is 9.97 Å². The minimum absolute atomic E-state index is 0.388. The maximum Gasteiger partial charge on any atom is 0.150 e. The average Bonchev–Trinajstić information content (AvgIpc) is 2.32. The molecule has 0 aliphatic carbocycles. The Hall–Kier alpha value is -0.0900. The normalized spacial score (nSPS) is 10.9. The van der Waals surface area contributed by atoms with Crippen LogP contribution in [0.3, 0.4) is 0 Å². The molecule has 2 heterocycles. The van der Waals surface area contributed by atoms with E-state index in [2.05, 4.69) is 9.97 Å². The Balaban J connectivity index is 2.95. The minimum atomic E-state index is 0.388. The SMILES string of the molecule is Clc1sc2c(Cl)ncnc2c1Cl. The van der Waals surface area contributed by atoms with E-state index in [4.69, 9.17) is 34.8 Å². The maximum absolute atomic E-state index is 5.84. The van der Waals surface area contributed by atoms with E-state index in [-0.39, 0.29) is 0 Å². The molecule has 0 spiro atoms. The van der Waals surface area contributed by atoms with E-state index in [0.717, 1.165) is 4.70 Å². The van der Waals surface area contributed by atoms with Crippen molar-refractivity contribution in [3.63, 3.8) is 0 Å². The molecule has 0 aromatic carbocycles. The molecule has 0 unspecified atom stereocenters. The first-order chi connectivity index (χ1) is 5.70. The highest BCUT2D eigenvalue weighted by Gasteiger charge is 2.12. The molecule has 0 aliphatic heterocycles. The van der Waals surface area contributed by atoms with Crippen LogP contribution in [0.2, 0.25) is 14.5 Å². The Morgan fingerprint density at radius 2 is 1.92 bits per heavy atom. The minimum Gasteiger partial charge on any atom is -0.234 e. The maximum atomic E-state index is 5.84. The molecule has 2 nitrogen and oxygen atoms in total. The van der Waals surface area contributed by atoms with Gasteiger partial charge >= 0.3 is 0 Å². The van der Waals surface area contributed by atoms with Crippen molar-refractivity contribution in [2.24, 2.45) is 0 Å². The van der Waals surface area contributed by atoms with E-state index in [1.807, 2.05) is 0 Å². The molecular weight excluding hydrogens is 239 g/mol. The molecule has 0 fully saturated rings. The quantitative estimate of drug-likeness (QED) is 0.656. The molecule has 12 heavy (non-hydrogen) atoms. The number of fused-ring (bicyclic) bond motifs is 1. The van der Waals surface area contributed by atoms with Gasteiger partial charge in [-0.1, -0.05) is 34.8 Å². The monoisotopic (exact) mass is 238 g/mol. The molecule has 0 radical (unpaired) electrons. The number of halogens is 3. The Morgan fingerprint density at radius 3 is 2.58 bits per heavy atom. The summed E-state index contributed by atoms with van der Waals surface area (Å²) in [6.07, 6.45) is 1.36. The smallest absolute Gasteiger partial charge is 0.150 e. The molecule has 0 atom stereocenters. The second-order valence-electron chi connectivity index (χ2n) is 2.03. The van der Waals surface area contributed by atoms with Crippen molar-refractivity contribution in [3.8, 4) is 0 Å². The van der Waals surface area contributed by atoms with Gasteiger partial charge in [-0.15, -0.1) is 11.3 Å². The zero-order valence-corrected chi connectivity index (χ0v) is 8.60. The Morgan fingerprint density at radius 1 is 1.17 bits per heavy atom. The third-order valence-electron chi connectivity index (χ3n) is 1.33. The van der Waals surface area contributed by atoms with Gasteiger partial charge in [0.25, 0.3) is 0 Å². The van der Waals surface area contributed by atoms with Gasteiger partial charge in [0.1, 0.15) is 21.3 Å². The highest BCUT2D eigenvalue weighted by Crippen LogP contribution is 2.39. The van der Waals surface area contributed by atoms with Crippen LogP contribution in [0.4, 0.5) is 0 Å².